The summed E-state index contributed by atoms with van der Waals surface area (Å²) in [4.78, 5) is 12.7. The summed E-state index contributed by atoms with van der Waals surface area (Å²) < 4.78 is 5.81. The van der Waals surface area contributed by atoms with Crippen LogP contribution in [-0.4, -0.2) is 21.2 Å². The molecule has 1 unspecified atom stereocenters. The van der Waals surface area contributed by atoms with Crippen LogP contribution in [0.2, 0.25) is 0 Å². The number of carbonyl (C=O) groups excluding carboxylic acids is 1. The van der Waals surface area contributed by atoms with Crippen molar-refractivity contribution in [1.29, 1.82) is 0 Å². The molecule has 1 heterocycles. The Hall–Kier alpha value is -3.93. The normalized spacial score (nSPS) is 14.9. The molecule has 6 heteroatoms. The number of amides is 1. The average molecular weight is 411 g/mol. The molecule has 5 rings (SSSR count). The number of fused-ring (bicyclic) bond motifs is 1. The Morgan fingerprint density at radius 3 is 2.29 bits per heavy atom. The minimum Gasteiger partial charge on any atom is -0.508 e. The lowest BCUT2D eigenvalue weighted by atomic mass is 10.1. The summed E-state index contributed by atoms with van der Waals surface area (Å²) in [5, 5.41) is 21.3. The molecule has 0 spiro atoms. The van der Waals surface area contributed by atoms with Gasteiger partial charge in [0.25, 0.3) is 5.91 Å². The highest BCUT2D eigenvalue weighted by Gasteiger charge is 2.26. The Bertz CT molecular complexity index is 1240. The van der Waals surface area contributed by atoms with Crippen molar-refractivity contribution in [3.05, 3.63) is 89.0 Å². The molecule has 1 aliphatic carbocycles. The minimum atomic E-state index is -0.154. The predicted molar refractivity (Wildman–Crippen MR) is 117 cm³/mol. The van der Waals surface area contributed by atoms with Crippen molar-refractivity contribution in [3.63, 3.8) is 0 Å². The maximum atomic E-state index is 12.7. The molecule has 1 atom stereocenters. The van der Waals surface area contributed by atoms with Gasteiger partial charge in [-0.1, -0.05) is 29.8 Å². The van der Waals surface area contributed by atoms with Crippen LogP contribution in [0.3, 0.4) is 0 Å². The number of aryl methyl sites for hydroxylation is 1. The second-order valence-electron chi connectivity index (χ2n) is 7.77. The third kappa shape index (κ3) is 3.68. The highest BCUT2D eigenvalue weighted by Crippen LogP contribution is 2.36. The first-order chi connectivity index (χ1) is 15.1. The minimum absolute atomic E-state index is 0.0951. The fourth-order valence-electron chi connectivity index (χ4n) is 3.94. The van der Waals surface area contributed by atoms with Crippen LogP contribution >= 0.6 is 0 Å². The number of aromatic hydroxyl groups is 1. The molecule has 0 fully saturated rings. The second kappa shape index (κ2) is 7.72. The van der Waals surface area contributed by atoms with Crippen LogP contribution in [0.25, 0.3) is 22.9 Å². The first kappa shape index (κ1) is 19.1. The van der Waals surface area contributed by atoms with Gasteiger partial charge in [-0.3, -0.25) is 4.79 Å². The van der Waals surface area contributed by atoms with Gasteiger partial charge in [0, 0.05) is 16.7 Å². The van der Waals surface area contributed by atoms with E-state index in [2.05, 4.69) is 15.5 Å². The number of nitrogens with one attached hydrogen (secondary N) is 1. The molecule has 4 aromatic rings. The lowest BCUT2D eigenvalue weighted by Gasteiger charge is -2.14. The number of phenolic OH excluding ortho intramolecular Hbond substituents is 1. The number of carbonyl (C=O) groups is 1. The molecule has 154 valence electrons. The molecular formula is C25H21N3O3. The smallest absolute Gasteiger partial charge is 0.251 e. The Kier molecular flexibility index (Phi) is 4.75. The van der Waals surface area contributed by atoms with Gasteiger partial charge in [-0.2, -0.15) is 0 Å². The van der Waals surface area contributed by atoms with Gasteiger partial charge >= 0.3 is 0 Å². The molecule has 0 aliphatic heterocycles. The van der Waals surface area contributed by atoms with Crippen LogP contribution in [0.1, 0.15) is 39.5 Å². The van der Waals surface area contributed by atoms with E-state index in [-0.39, 0.29) is 11.9 Å². The van der Waals surface area contributed by atoms with Gasteiger partial charge in [0.05, 0.1) is 6.04 Å². The zero-order valence-electron chi connectivity index (χ0n) is 17.0. The van der Waals surface area contributed by atoms with Gasteiger partial charge in [0.2, 0.25) is 11.8 Å². The number of rotatable bonds is 4. The van der Waals surface area contributed by atoms with Crippen molar-refractivity contribution >= 4 is 5.91 Å². The predicted octanol–water partition coefficient (Wildman–Crippen LogP) is 4.83. The molecular weight excluding hydrogens is 390 g/mol. The first-order valence-electron chi connectivity index (χ1n) is 10.2. The van der Waals surface area contributed by atoms with E-state index in [9.17, 15) is 9.90 Å². The molecule has 1 aliphatic rings. The van der Waals surface area contributed by atoms with Crippen LogP contribution in [0.5, 0.6) is 5.75 Å². The van der Waals surface area contributed by atoms with Crippen LogP contribution in [-0.2, 0) is 6.42 Å². The summed E-state index contributed by atoms with van der Waals surface area (Å²) in [6, 6.07) is 20.3. The zero-order chi connectivity index (χ0) is 21.4. The molecule has 1 aromatic heterocycles. The standard InChI is InChI=1S/C25H21N3O3/c1-15-5-7-17(8-6-15)24-27-28-25(31-24)18-11-9-16(10-12-18)23(30)26-21-14-13-20-19(21)3-2-4-22(20)29/h2-12,21,29H,13-14H2,1H3,(H,26,30). The summed E-state index contributed by atoms with van der Waals surface area (Å²) in [6.45, 7) is 2.02. The van der Waals surface area contributed by atoms with Gasteiger partial charge in [0.1, 0.15) is 5.75 Å². The summed E-state index contributed by atoms with van der Waals surface area (Å²) in [5.74, 6) is 1.00. The van der Waals surface area contributed by atoms with Gasteiger partial charge in [-0.05, 0) is 73.4 Å². The molecule has 0 saturated heterocycles. The van der Waals surface area contributed by atoms with E-state index in [1.165, 1.54) is 0 Å². The number of hydrogen-bond acceptors (Lipinski definition) is 5. The SMILES string of the molecule is Cc1ccc(-c2nnc(-c3ccc(C(=O)NC4CCc5c(O)cccc54)cc3)o2)cc1. The van der Waals surface area contributed by atoms with Gasteiger partial charge in [-0.25, -0.2) is 0 Å². The van der Waals surface area contributed by atoms with E-state index < -0.39 is 0 Å². The maximum absolute atomic E-state index is 12.7. The summed E-state index contributed by atoms with van der Waals surface area (Å²) >= 11 is 0. The van der Waals surface area contributed by atoms with E-state index in [4.69, 9.17) is 4.42 Å². The quantitative estimate of drug-likeness (QED) is 0.502. The Labute approximate surface area is 179 Å². The van der Waals surface area contributed by atoms with E-state index in [1.807, 2.05) is 43.3 Å². The number of benzene rings is 3. The first-order valence-corrected chi connectivity index (χ1v) is 10.2. The summed E-state index contributed by atoms with van der Waals surface area (Å²) in [5.41, 5.74) is 5.23. The van der Waals surface area contributed by atoms with E-state index in [1.54, 1.807) is 30.3 Å². The monoisotopic (exact) mass is 411 g/mol. The largest absolute Gasteiger partial charge is 0.508 e. The van der Waals surface area contributed by atoms with E-state index in [0.29, 0.717) is 23.1 Å². The molecule has 0 bridgehead atoms. The second-order valence-corrected chi connectivity index (χ2v) is 7.77. The molecule has 31 heavy (non-hydrogen) atoms. The van der Waals surface area contributed by atoms with E-state index in [0.717, 1.165) is 40.7 Å². The third-order valence-electron chi connectivity index (χ3n) is 5.67. The van der Waals surface area contributed by atoms with Gasteiger partial charge in [0.15, 0.2) is 0 Å². The number of phenols is 1. The Morgan fingerprint density at radius 2 is 1.61 bits per heavy atom. The van der Waals surface area contributed by atoms with E-state index >= 15 is 0 Å². The van der Waals surface area contributed by atoms with Crippen LogP contribution < -0.4 is 5.32 Å². The maximum Gasteiger partial charge on any atom is 0.251 e. The Morgan fingerprint density at radius 1 is 0.968 bits per heavy atom. The highest BCUT2D eigenvalue weighted by molar-refractivity contribution is 5.95. The molecule has 2 N–H and O–H groups in total. The van der Waals surface area contributed by atoms with Crippen molar-refractivity contribution < 1.29 is 14.3 Å². The number of aromatic nitrogens is 2. The topological polar surface area (TPSA) is 88.2 Å². The van der Waals surface area contributed by atoms with Gasteiger partial charge < -0.3 is 14.8 Å². The summed E-state index contributed by atoms with van der Waals surface area (Å²) in [7, 11) is 0. The third-order valence-corrected chi connectivity index (χ3v) is 5.67. The molecule has 3 aromatic carbocycles. The fourth-order valence-corrected chi connectivity index (χ4v) is 3.94. The van der Waals surface area contributed by atoms with Crippen molar-refractivity contribution in [2.24, 2.45) is 0 Å². The highest BCUT2D eigenvalue weighted by atomic mass is 16.4. The fraction of sp³-hybridized carbons (Fsp3) is 0.160. The molecule has 1 amide bonds. The lowest BCUT2D eigenvalue weighted by Crippen LogP contribution is -2.27. The van der Waals surface area contributed by atoms with Crippen LogP contribution in [0.15, 0.2) is 71.1 Å². The zero-order valence-corrected chi connectivity index (χ0v) is 17.0. The van der Waals surface area contributed by atoms with Crippen molar-refractivity contribution in [2.45, 2.75) is 25.8 Å². The average Bonchev–Trinajstić information content (AvgIpc) is 3.43. The molecule has 6 nitrogen and oxygen atoms in total. The molecule has 0 saturated carbocycles. The Balaban J connectivity index is 1.30. The van der Waals surface area contributed by atoms with Gasteiger partial charge in [-0.15, -0.1) is 10.2 Å². The van der Waals surface area contributed by atoms with Crippen LogP contribution in [0.4, 0.5) is 0 Å². The van der Waals surface area contributed by atoms with Crippen molar-refractivity contribution in [1.82, 2.24) is 15.5 Å². The summed E-state index contributed by atoms with van der Waals surface area (Å²) in [6.07, 6.45) is 1.53. The number of nitrogens with zero attached hydrogens (tertiary/aromatic N) is 2. The van der Waals surface area contributed by atoms with Crippen molar-refractivity contribution in [3.8, 4) is 28.7 Å². The lowest BCUT2D eigenvalue weighted by molar-refractivity contribution is 0.0936. The molecule has 0 radical (unpaired) electrons. The van der Waals surface area contributed by atoms with Crippen molar-refractivity contribution in [2.75, 3.05) is 0 Å². The van der Waals surface area contributed by atoms with Crippen LogP contribution in [0, 0.1) is 6.92 Å². The number of hydrogen-bond donors (Lipinski definition) is 2.